The van der Waals surface area contributed by atoms with Crippen LogP contribution in [0.25, 0.3) is 0 Å². The van der Waals surface area contributed by atoms with Gasteiger partial charge in [0.05, 0.1) is 0 Å². The van der Waals surface area contributed by atoms with Crippen molar-refractivity contribution in [2.24, 2.45) is 0 Å². The Morgan fingerprint density at radius 3 is 2.80 bits per heavy atom. The van der Waals surface area contributed by atoms with Crippen molar-refractivity contribution in [2.45, 2.75) is 0 Å². The average molecular weight is 212 g/mol. The molecule has 1 aliphatic heterocycles. The summed E-state index contributed by atoms with van der Waals surface area (Å²) in [5.74, 6) is -0.950. The molecule has 0 saturated heterocycles. The van der Waals surface area contributed by atoms with E-state index in [2.05, 4.69) is 5.48 Å². The molecule has 1 aliphatic rings. The normalized spacial score (nSPS) is 13.3. The van der Waals surface area contributed by atoms with E-state index < -0.39 is 5.97 Å². The average Bonchev–Trinajstić information content (AvgIpc) is 2.26. The van der Waals surface area contributed by atoms with Crippen LogP contribution in [0, 0.1) is 0 Å². The molecule has 0 saturated carbocycles. The lowest BCUT2D eigenvalue weighted by molar-refractivity contribution is -0.151. The zero-order valence-electron chi connectivity index (χ0n) is 8.52. The SMILES string of the molecule is CN(C)C(=O)COC(=O)C1=CC=CNO1. The molecule has 1 amide bonds. The molecule has 1 heterocycles. The maximum absolute atomic E-state index is 11.3. The zero-order valence-corrected chi connectivity index (χ0v) is 8.52. The van der Waals surface area contributed by atoms with Crippen LogP contribution in [0.5, 0.6) is 0 Å². The molecule has 0 atom stereocenters. The van der Waals surface area contributed by atoms with Gasteiger partial charge in [0.15, 0.2) is 6.61 Å². The smallest absolute Gasteiger partial charge is 0.377 e. The highest BCUT2D eigenvalue weighted by atomic mass is 16.7. The summed E-state index contributed by atoms with van der Waals surface area (Å²) in [7, 11) is 3.16. The van der Waals surface area contributed by atoms with Gasteiger partial charge in [0.1, 0.15) is 0 Å². The Hall–Kier alpha value is -1.98. The van der Waals surface area contributed by atoms with Crippen LogP contribution in [-0.4, -0.2) is 37.5 Å². The van der Waals surface area contributed by atoms with Gasteiger partial charge in [-0.25, -0.2) is 10.3 Å². The monoisotopic (exact) mass is 212 g/mol. The second-order valence-electron chi connectivity index (χ2n) is 2.97. The number of likely N-dealkylation sites (N-methyl/N-ethyl adjacent to an activating group) is 1. The van der Waals surface area contributed by atoms with Gasteiger partial charge in [0.25, 0.3) is 5.91 Å². The topological polar surface area (TPSA) is 67.9 Å². The lowest BCUT2D eigenvalue weighted by Gasteiger charge is -2.12. The van der Waals surface area contributed by atoms with E-state index in [1.807, 2.05) is 0 Å². The van der Waals surface area contributed by atoms with Crippen molar-refractivity contribution in [3.05, 3.63) is 24.1 Å². The second-order valence-corrected chi connectivity index (χ2v) is 2.97. The number of esters is 1. The summed E-state index contributed by atoms with van der Waals surface area (Å²) in [4.78, 5) is 28.4. The van der Waals surface area contributed by atoms with Gasteiger partial charge < -0.3 is 14.5 Å². The molecule has 1 rings (SSSR count). The van der Waals surface area contributed by atoms with Crippen molar-refractivity contribution in [1.82, 2.24) is 10.4 Å². The van der Waals surface area contributed by atoms with Crippen LogP contribution in [0.3, 0.4) is 0 Å². The first-order chi connectivity index (χ1) is 7.11. The minimum atomic E-state index is -0.679. The Kier molecular flexibility index (Phi) is 3.73. The summed E-state index contributed by atoms with van der Waals surface area (Å²) in [5.41, 5.74) is 2.38. The van der Waals surface area contributed by atoms with E-state index in [0.717, 1.165) is 0 Å². The van der Waals surface area contributed by atoms with E-state index in [-0.39, 0.29) is 18.3 Å². The van der Waals surface area contributed by atoms with Crippen LogP contribution >= 0.6 is 0 Å². The molecule has 0 aliphatic carbocycles. The lowest BCUT2D eigenvalue weighted by Crippen LogP contribution is -2.28. The molecule has 0 aromatic rings. The van der Waals surface area contributed by atoms with E-state index in [1.165, 1.54) is 17.2 Å². The number of rotatable bonds is 3. The number of amides is 1. The number of carbonyl (C=O) groups is 2. The zero-order chi connectivity index (χ0) is 11.3. The fourth-order valence-corrected chi connectivity index (χ4v) is 0.744. The molecule has 0 bridgehead atoms. The van der Waals surface area contributed by atoms with Gasteiger partial charge in [-0.15, -0.1) is 0 Å². The summed E-state index contributed by atoms with van der Waals surface area (Å²) in [6.45, 7) is -0.295. The Morgan fingerprint density at radius 2 is 2.27 bits per heavy atom. The summed E-state index contributed by atoms with van der Waals surface area (Å²) in [6.07, 6.45) is 4.55. The molecule has 0 spiro atoms. The van der Waals surface area contributed by atoms with Crippen LogP contribution < -0.4 is 5.48 Å². The molecular formula is C9H12N2O4. The molecule has 0 radical (unpaired) electrons. The van der Waals surface area contributed by atoms with Crippen LogP contribution in [0.2, 0.25) is 0 Å². The van der Waals surface area contributed by atoms with E-state index in [1.54, 1.807) is 20.2 Å². The van der Waals surface area contributed by atoms with Crippen LogP contribution in [0.15, 0.2) is 24.1 Å². The standard InChI is InChI=1S/C9H12N2O4/c1-11(2)8(12)6-14-9(13)7-4-3-5-10-15-7/h3-5,10H,6H2,1-2H3. The lowest BCUT2D eigenvalue weighted by atomic mass is 10.4. The van der Waals surface area contributed by atoms with Gasteiger partial charge in [-0.3, -0.25) is 4.79 Å². The van der Waals surface area contributed by atoms with E-state index in [0.29, 0.717) is 0 Å². The van der Waals surface area contributed by atoms with Gasteiger partial charge in [-0.1, -0.05) is 0 Å². The molecule has 6 heteroatoms. The first-order valence-electron chi connectivity index (χ1n) is 4.27. The Morgan fingerprint density at radius 1 is 1.53 bits per heavy atom. The molecule has 0 unspecified atom stereocenters. The molecule has 82 valence electrons. The number of ether oxygens (including phenoxy) is 1. The summed E-state index contributed by atoms with van der Waals surface area (Å²) < 4.78 is 4.71. The molecule has 1 N–H and O–H groups in total. The number of hydroxylamine groups is 1. The fraction of sp³-hybridized carbons (Fsp3) is 0.333. The number of nitrogens with one attached hydrogen (secondary N) is 1. The summed E-state index contributed by atoms with van der Waals surface area (Å²) >= 11 is 0. The summed E-state index contributed by atoms with van der Waals surface area (Å²) in [5, 5.41) is 0. The highest BCUT2D eigenvalue weighted by Crippen LogP contribution is 2.02. The Labute approximate surface area is 87.1 Å². The maximum atomic E-state index is 11.3. The quantitative estimate of drug-likeness (QED) is 0.642. The van der Waals surface area contributed by atoms with Gasteiger partial charge in [-0.05, 0) is 12.2 Å². The van der Waals surface area contributed by atoms with Crippen molar-refractivity contribution >= 4 is 11.9 Å². The van der Waals surface area contributed by atoms with Crippen molar-refractivity contribution in [1.29, 1.82) is 0 Å². The van der Waals surface area contributed by atoms with Gasteiger partial charge >= 0.3 is 5.97 Å². The number of nitrogens with zero attached hydrogens (tertiary/aromatic N) is 1. The minimum absolute atomic E-state index is 0.0176. The van der Waals surface area contributed by atoms with Crippen molar-refractivity contribution in [3.63, 3.8) is 0 Å². The third-order valence-electron chi connectivity index (χ3n) is 1.61. The number of hydrogen-bond acceptors (Lipinski definition) is 5. The van der Waals surface area contributed by atoms with E-state index >= 15 is 0 Å². The molecule has 0 aromatic carbocycles. The Bertz CT molecular complexity index is 320. The highest BCUT2D eigenvalue weighted by molar-refractivity contribution is 5.89. The van der Waals surface area contributed by atoms with Crippen molar-refractivity contribution in [3.8, 4) is 0 Å². The minimum Gasteiger partial charge on any atom is -0.450 e. The van der Waals surface area contributed by atoms with Crippen molar-refractivity contribution in [2.75, 3.05) is 20.7 Å². The first-order valence-corrected chi connectivity index (χ1v) is 4.27. The van der Waals surface area contributed by atoms with Crippen LogP contribution in [0.1, 0.15) is 0 Å². The predicted molar refractivity (Wildman–Crippen MR) is 51.1 cm³/mol. The van der Waals surface area contributed by atoms with Gasteiger partial charge in [-0.2, -0.15) is 0 Å². The second kappa shape index (κ2) is 5.04. The predicted octanol–water partition coefficient (Wildman–Crippen LogP) is -0.450. The maximum Gasteiger partial charge on any atom is 0.377 e. The van der Waals surface area contributed by atoms with Crippen molar-refractivity contribution < 1.29 is 19.2 Å². The van der Waals surface area contributed by atoms with Crippen LogP contribution in [-0.2, 0) is 19.2 Å². The number of carbonyl (C=O) groups excluding carboxylic acids is 2. The number of allylic oxidation sites excluding steroid dienone is 2. The first kappa shape index (κ1) is 11.1. The third kappa shape index (κ3) is 3.34. The van der Waals surface area contributed by atoms with E-state index in [4.69, 9.17) is 9.57 Å². The third-order valence-corrected chi connectivity index (χ3v) is 1.61. The van der Waals surface area contributed by atoms with Gasteiger partial charge in [0.2, 0.25) is 5.76 Å². The fourth-order valence-electron chi connectivity index (χ4n) is 0.744. The molecule has 15 heavy (non-hydrogen) atoms. The molecule has 6 nitrogen and oxygen atoms in total. The largest absolute Gasteiger partial charge is 0.450 e. The summed E-state index contributed by atoms with van der Waals surface area (Å²) in [6, 6.07) is 0. The van der Waals surface area contributed by atoms with Gasteiger partial charge in [0, 0.05) is 20.3 Å². The molecule has 0 aromatic heterocycles. The van der Waals surface area contributed by atoms with E-state index in [9.17, 15) is 9.59 Å². The molecular weight excluding hydrogens is 200 g/mol. The molecule has 0 fully saturated rings. The number of hydrogen-bond donors (Lipinski definition) is 1. The Balaban J connectivity index is 2.39. The highest BCUT2D eigenvalue weighted by Gasteiger charge is 2.16. The van der Waals surface area contributed by atoms with Crippen LogP contribution in [0.4, 0.5) is 0 Å².